The van der Waals surface area contributed by atoms with Crippen LogP contribution in [0.2, 0.25) is 0 Å². The van der Waals surface area contributed by atoms with Crippen LogP contribution in [0.4, 0.5) is 0 Å². The van der Waals surface area contributed by atoms with Crippen molar-refractivity contribution in [2.75, 3.05) is 19.8 Å². The number of carbonyl (C=O) groups is 1. The number of hydrogen-bond donors (Lipinski definition) is 5. The van der Waals surface area contributed by atoms with Gasteiger partial charge >= 0.3 is 5.97 Å². The van der Waals surface area contributed by atoms with E-state index in [1.807, 2.05) is 0 Å². The molecule has 1 rings (SSSR count). The minimum atomic E-state index is -1.78. The van der Waals surface area contributed by atoms with Crippen LogP contribution in [0.1, 0.15) is 68.6 Å². The van der Waals surface area contributed by atoms with Gasteiger partial charge in [0.2, 0.25) is 0 Å². The maximum absolute atomic E-state index is 12.1. The Balaban J connectivity index is 2.27. The molecule has 0 saturated carbocycles. The van der Waals surface area contributed by atoms with Gasteiger partial charge in [-0.1, -0.05) is 51.9 Å². The van der Waals surface area contributed by atoms with E-state index in [2.05, 4.69) is 6.92 Å². The Bertz CT molecular complexity index is 592. The van der Waals surface area contributed by atoms with Crippen molar-refractivity contribution in [3.05, 3.63) is 29.8 Å². The summed E-state index contributed by atoms with van der Waals surface area (Å²) in [6.07, 6.45) is 3.01. The van der Waals surface area contributed by atoms with Crippen molar-refractivity contribution >= 4 is 5.97 Å². The van der Waals surface area contributed by atoms with Crippen LogP contribution in [0.3, 0.4) is 0 Å². The third-order valence-corrected chi connectivity index (χ3v) is 5.07. The molecule has 0 aliphatic rings. The number of benzene rings is 1. The predicted molar refractivity (Wildman–Crippen MR) is 116 cm³/mol. The van der Waals surface area contributed by atoms with Crippen LogP contribution in [-0.2, 0) is 4.74 Å². The van der Waals surface area contributed by atoms with Gasteiger partial charge in [-0.3, -0.25) is 0 Å². The van der Waals surface area contributed by atoms with E-state index in [9.17, 15) is 25.2 Å². The van der Waals surface area contributed by atoms with Crippen LogP contribution in [0.25, 0.3) is 0 Å². The second-order valence-electron chi connectivity index (χ2n) is 7.74. The average molecular weight is 443 g/mol. The van der Waals surface area contributed by atoms with Gasteiger partial charge in [-0.2, -0.15) is 0 Å². The summed E-state index contributed by atoms with van der Waals surface area (Å²) in [5, 5.41) is 47.1. The quantitative estimate of drug-likeness (QED) is 0.182. The fourth-order valence-corrected chi connectivity index (χ4v) is 3.02. The number of hydrogen-bond acceptors (Lipinski definition) is 8. The van der Waals surface area contributed by atoms with Crippen molar-refractivity contribution in [1.29, 1.82) is 0 Å². The molecule has 0 spiro atoms. The zero-order chi connectivity index (χ0) is 23.1. The first-order valence-electron chi connectivity index (χ1n) is 11.1. The van der Waals surface area contributed by atoms with Gasteiger partial charge in [0.1, 0.15) is 36.8 Å². The smallest absolute Gasteiger partial charge is 0.338 e. The standard InChI is InChI=1S/C23H38O8/c1-2-3-4-5-6-7-8-9-14-30-18-12-10-17(11-13-18)23(29)31-16-20(26)22(28)21(27)19(25)15-24/h10-13,19-22,24-28H,2-9,14-16H2,1H3/t19-,20+,21+,22+/m0/s1. The minimum absolute atomic E-state index is 0.247. The molecule has 0 aliphatic carbocycles. The summed E-state index contributed by atoms with van der Waals surface area (Å²) in [5.41, 5.74) is 0.247. The lowest BCUT2D eigenvalue weighted by atomic mass is 10.0. The average Bonchev–Trinajstić information content (AvgIpc) is 2.80. The molecular weight excluding hydrogens is 404 g/mol. The highest BCUT2D eigenvalue weighted by Crippen LogP contribution is 2.15. The summed E-state index contributed by atoms with van der Waals surface area (Å²) in [4.78, 5) is 12.1. The second-order valence-corrected chi connectivity index (χ2v) is 7.74. The van der Waals surface area contributed by atoms with E-state index >= 15 is 0 Å². The van der Waals surface area contributed by atoms with Crippen LogP contribution in [0.5, 0.6) is 5.75 Å². The first-order chi connectivity index (χ1) is 14.9. The third-order valence-electron chi connectivity index (χ3n) is 5.07. The van der Waals surface area contributed by atoms with E-state index < -0.39 is 43.6 Å². The molecule has 4 atom stereocenters. The molecule has 8 nitrogen and oxygen atoms in total. The van der Waals surface area contributed by atoms with E-state index in [0.29, 0.717) is 12.4 Å². The molecule has 0 aliphatic heterocycles. The number of aliphatic hydroxyl groups is 5. The van der Waals surface area contributed by atoms with Gasteiger partial charge in [0.05, 0.1) is 18.8 Å². The van der Waals surface area contributed by atoms with Crippen molar-refractivity contribution < 1.29 is 39.8 Å². The lowest BCUT2D eigenvalue weighted by Crippen LogP contribution is -2.47. The number of esters is 1. The van der Waals surface area contributed by atoms with Gasteiger partial charge in [-0.05, 0) is 30.7 Å². The summed E-state index contributed by atoms with van der Waals surface area (Å²) >= 11 is 0. The minimum Gasteiger partial charge on any atom is -0.494 e. The Labute approximate surface area is 184 Å². The first-order valence-corrected chi connectivity index (χ1v) is 11.1. The zero-order valence-corrected chi connectivity index (χ0v) is 18.4. The predicted octanol–water partition coefficient (Wildman–Crippen LogP) is 1.80. The molecule has 1 aromatic carbocycles. The molecule has 0 aromatic heterocycles. The molecule has 0 amide bonds. The summed E-state index contributed by atoms with van der Waals surface area (Å²) < 4.78 is 10.6. The molecule has 178 valence electrons. The van der Waals surface area contributed by atoms with Crippen molar-refractivity contribution in [1.82, 2.24) is 0 Å². The van der Waals surface area contributed by atoms with Gasteiger partial charge in [-0.25, -0.2) is 4.79 Å². The summed E-state index contributed by atoms with van der Waals surface area (Å²) in [6, 6.07) is 6.40. The monoisotopic (exact) mass is 442 g/mol. The van der Waals surface area contributed by atoms with Crippen molar-refractivity contribution in [3.63, 3.8) is 0 Å². The third kappa shape index (κ3) is 10.9. The van der Waals surface area contributed by atoms with Crippen molar-refractivity contribution in [3.8, 4) is 5.75 Å². The van der Waals surface area contributed by atoms with Crippen LogP contribution < -0.4 is 4.74 Å². The number of unbranched alkanes of at least 4 members (excludes halogenated alkanes) is 7. The van der Waals surface area contributed by atoms with Gasteiger partial charge in [0, 0.05) is 0 Å². The largest absolute Gasteiger partial charge is 0.494 e. The van der Waals surface area contributed by atoms with E-state index in [1.165, 1.54) is 38.5 Å². The van der Waals surface area contributed by atoms with Crippen LogP contribution in [-0.4, -0.2) is 75.7 Å². The molecular formula is C23H38O8. The van der Waals surface area contributed by atoms with E-state index in [1.54, 1.807) is 24.3 Å². The maximum Gasteiger partial charge on any atom is 0.338 e. The van der Waals surface area contributed by atoms with Crippen LogP contribution in [0.15, 0.2) is 24.3 Å². The Hall–Kier alpha value is -1.71. The highest BCUT2D eigenvalue weighted by atomic mass is 16.5. The molecule has 0 unspecified atom stereocenters. The maximum atomic E-state index is 12.1. The molecule has 31 heavy (non-hydrogen) atoms. The van der Waals surface area contributed by atoms with Crippen LogP contribution in [0, 0.1) is 0 Å². The van der Waals surface area contributed by atoms with E-state index in [4.69, 9.17) is 14.6 Å². The Morgan fingerprint density at radius 2 is 1.39 bits per heavy atom. The number of ether oxygens (including phenoxy) is 2. The normalized spacial score (nSPS) is 15.2. The highest BCUT2D eigenvalue weighted by Gasteiger charge is 2.30. The second kappa shape index (κ2) is 16.0. The van der Waals surface area contributed by atoms with Gasteiger partial charge in [0.25, 0.3) is 0 Å². The van der Waals surface area contributed by atoms with E-state index in [-0.39, 0.29) is 5.56 Å². The van der Waals surface area contributed by atoms with Crippen molar-refractivity contribution in [2.45, 2.75) is 82.7 Å². The van der Waals surface area contributed by atoms with Gasteiger partial charge in [0.15, 0.2) is 0 Å². The summed E-state index contributed by atoms with van der Waals surface area (Å²) in [6.45, 7) is 1.47. The molecule has 8 heteroatoms. The van der Waals surface area contributed by atoms with E-state index in [0.717, 1.165) is 12.8 Å². The summed E-state index contributed by atoms with van der Waals surface area (Å²) in [5.74, 6) is -0.0610. The molecule has 1 aromatic rings. The zero-order valence-electron chi connectivity index (χ0n) is 18.4. The fourth-order valence-electron chi connectivity index (χ4n) is 3.02. The molecule has 0 radical (unpaired) electrons. The van der Waals surface area contributed by atoms with Gasteiger partial charge < -0.3 is 35.0 Å². The SMILES string of the molecule is CCCCCCCCCCOc1ccc(C(=O)OC[C@@H](O)[C@@H](O)[C@H](O)[C@@H](O)CO)cc1. The topological polar surface area (TPSA) is 137 Å². The number of carbonyl (C=O) groups excluding carboxylic acids is 1. The van der Waals surface area contributed by atoms with Gasteiger partial charge in [-0.15, -0.1) is 0 Å². The lowest BCUT2D eigenvalue weighted by molar-refractivity contribution is -0.124. The lowest BCUT2D eigenvalue weighted by Gasteiger charge is -2.25. The highest BCUT2D eigenvalue weighted by molar-refractivity contribution is 5.89. The number of rotatable bonds is 17. The molecule has 0 bridgehead atoms. The molecule has 5 N–H and O–H groups in total. The Morgan fingerprint density at radius 3 is 1.97 bits per heavy atom. The van der Waals surface area contributed by atoms with Crippen LogP contribution >= 0.6 is 0 Å². The fraction of sp³-hybridized carbons (Fsp3) is 0.696. The Kier molecular flexibility index (Phi) is 14.1. The van der Waals surface area contributed by atoms with Crippen molar-refractivity contribution in [2.24, 2.45) is 0 Å². The molecule has 0 saturated heterocycles. The number of aliphatic hydroxyl groups excluding tert-OH is 5. The summed E-state index contributed by atoms with van der Waals surface area (Å²) in [7, 11) is 0. The molecule has 0 heterocycles. The first kappa shape index (κ1) is 27.3. The Morgan fingerprint density at radius 1 is 0.839 bits per heavy atom. The molecule has 0 fully saturated rings.